The van der Waals surface area contributed by atoms with E-state index in [4.69, 9.17) is 11.6 Å². The molecule has 1 aromatic carbocycles. The summed E-state index contributed by atoms with van der Waals surface area (Å²) in [5.74, 6) is 0. The molecule has 2 aromatic rings. The number of halogens is 1. The molecule has 0 aliphatic heterocycles. The number of benzene rings is 1. The van der Waals surface area contributed by atoms with E-state index in [0.29, 0.717) is 5.28 Å². The van der Waals surface area contributed by atoms with E-state index in [1.165, 1.54) is 5.56 Å². The van der Waals surface area contributed by atoms with E-state index in [2.05, 4.69) is 17.1 Å². The summed E-state index contributed by atoms with van der Waals surface area (Å²) in [5, 5.41) is 0.538. The fraction of sp³-hybridized carbons (Fsp3) is 0.182. The van der Waals surface area contributed by atoms with Crippen LogP contribution in [0.2, 0.25) is 5.28 Å². The van der Waals surface area contributed by atoms with Crippen molar-refractivity contribution in [2.24, 2.45) is 7.05 Å². The molecule has 0 spiro atoms. The second kappa shape index (κ2) is 3.84. The first-order chi connectivity index (χ1) is 6.77. The molecule has 0 unspecified atom stereocenters. The maximum atomic E-state index is 5.85. The maximum Gasteiger partial charge on any atom is 0.202 e. The van der Waals surface area contributed by atoms with Crippen LogP contribution in [-0.4, -0.2) is 9.55 Å². The smallest absolute Gasteiger partial charge is 0.202 e. The van der Waals surface area contributed by atoms with Crippen LogP contribution in [0.25, 0.3) is 0 Å². The Balaban J connectivity index is 2.23. The topological polar surface area (TPSA) is 17.8 Å². The summed E-state index contributed by atoms with van der Waals surface area (Å²) in [6, 6.07) is 10.3. The Labute approximate surface area is 88.2 Å². The molecule has 1 heterocycles. The van der Waals surface area contributed by atoms with Crippen molar-refractivity contribution in [1.29, 1.82) is 0 Å². The molecular formula is C11H11ClN2. The molecule has 0 bridgehead atoms. The molecule has 3 heteroatoms. The van der Waals surface area contributed by atoms with Crippen LogP contribution in [0.15, 0.2) is 36.5 Å². The first kappa shape index (κ1) is 9.28. The van der Waals surface area contributed by atoms with Crippen LogP contribution in [0, 0.1) is 0 Å². The summed E-state index contributed by atoms with van der Waals surface area (Å²) in [4.78, 5) is 4.04. The molecule has 0 saturated carbocycles. The minimum absolute atomic E-state index is 0.538. The van der Waals surface area contributed by atoms with Gasteiger partial charge in [0.2, 0.25) is 5.28 Å². The molecule has 14 heavy (non-hydrogen) atoms. The second-order valence-corrected chi connectivity index (χ2v) is 3.58. The Morgan fingerprint density at radius 1 is 1.29 bits per heavy atom. The SMILES string of the molecule is Cn1c(Cc2ccccc2)cnc1Cl. The third-order valence-electron chi connectivity index (χ3n) is 2.26. The van der Waals surface area contributed by atoms with Crippen molar-refractivity contribution in [3.8, 4) is 0 Å². The average molecular weight is 207 g/mol. The van der Waals surface area contributed by atoms with Crippen LogP contribution in [0.1, 0.15) is 11.3 Å². The number of imidazole rings is 1. The summed E-state index contributed by atoms with van der Waals surface area (Å²) in [6.07, 6.45) is 2.69. The Kier molecular flexibility index (Phi) is 2.55. The van der Waals surface area contributed by atoms with Crippen molar-refractivity contribution in [3.63, 3.8) is 0 Å². The van der Waals surface area contributed by atoms with Crippen LogP contribution < -0.4 is 0 Å². The number of hydrogen-bond acceptors (Lipinski definition) is 1. The number of hydrogen-bond donors (Lipinski definition) is 0. The van der Waals surface area contributed by atoms with Gasteiger partial charge in [-0.05, 0) is 17.2 Å². The summed E-state index contributed by atoms with van der Waals surface area (Å²) in [6.45, 7) is 0. The van der Waals surface area contributed by atoms with Crippen LogP contribution >= 0.6 is 11.6 Å². The Morgan fingerprint density at radius 2 is 2.00 bits per heavy atom. The first-order valence-electron chi connectivity index (χ1n) is 4.47. The first-order valence-corrected chi connectivity index (χ1v) is 4.85. The van der Waals surface area contributed by atoms with Gasteiger partial charge < -0.3 is 4.57 Å². The highest BCUT2D eigenvalue weighted by Crippen LogP contribution is 2.12. The van der Waals surface area contributed by atoms with E-state index in [9.17, 15) is 0 Å². The minimum atomic E-state index is 0.538. The quantitative estimate of drug-likeness (QED) is 0.739. The molecule has 0 fully saturated rings. The Bertz CT molecular complexity index is 420. The molecule has 2 rings (SSSR count). The molecule has 0 amide bonds. The number of rotatable bonds is 2. The van der Waals surface area contributed by atoms with Gasteiger partial charge in [0.15, 0.2) is 0 Å². The Morgan fingerprint density at radius 3 is 2.57 bits per heavy atom. The van der Waals surface area contributed by atoms with Crippen molar-refractivity contribution in [2.75, 3.05) is 0 Å². The number of nitrogens with zero attached hydrogens (tertiary/aromatic N) is 2. The molecule has 2 nitrogen and oxygen atoms in total. The molecule has 0 radical (unpaired) electrons. The van der Waals surface area contributed by atoms with E-state index < -0.39 is 0 Å². The largest absolute Gasteiger partial charge is 0.322 e. The molecular weight excluding hydrogens is 196 g/mol. The maximum absolute atomic E-state index is 5.85. The zero-order valence-corrected chi connectivity index (χ0v) is 8.70. The fourth-order valence-corrected chi connectivity index (χ4v) is 1.55. The third kappa shape index (κ3) is 1.80. The van der Waals surface area contributed by atoms with Crippen molar-refractivity contribution < 1.29 is 0 Å². The molecule has 0 aliphatic rings. The lowest BCUT2D eigenvalue weighted by Crippen LogP contribution is -1.97. The van der Waals surface area contributed by atoms with Crippen molar-refractivity contribution in [2.45, 2.75) is 6.42 Å². The fourth-order valence-electron chi connectivity index (χ4n) is 1.39. The van der Waals surface area contributed by atoms with Gasteiger partial charge in [-0.3, -0.25) is 0 Å². The molecule has 0 saturated heterocycles. The van der Waals surface area contributed by atoms with Crippen LogP contribution in [0.5, 0.6) is 0 Å². The van der Waals surface area contributed by atoms with Gasteiger partial charge in [0.05, 0.1) is 6.20 Å². The molecule has 0 aliphatic carbocycles. The van der Waals surface area contributed by atoms with Gasteiger partial charge in [0.25, 0.3) is 0 Å². The van der Waals surface area contributed by atoms with Gasteiger partial charge in [-0.1, -0.05) is 30.3 Å². The normalized spacial score (nSPS) is 10.4. The molecule has 0 atom stereocenters. The van der Waals surface area contributed by atoms with Crippen LogP contribution in [-0.2, 0) is 13.5 Å². The van der Waals surface area contributed by atoms with Gasteiger partial charge in [0.1, 0.15) is 0 Å². The van der Waals surface area contributed by atoms with Crippen molar-refractivity contribution in [1.82, 2.24) is 9.55 Å². The van der Waals surface area contributed by atoms with Gasteiger partial charge in [-0.2, -0.15) is 0 Å². The Hall–Kier alpha value is -1.28. The lowest BCUT2D eigenvalue weighted by molar-refractivity contribution is 0.846. The van der Waals surface area contributed by atoms with Crippen molar-refractivity contribution >= 4 is 11.6 Å². The molecule has 72 valence electrons. The van der Waals surface area contributed by atoms with Gasteiger partial charge in [-0.25, -0.2) is 4.98 Å². The zero-order valence-electron chi connectivity index (χ0n) is 7.94. The molecule has 0 N–H and O–H groups in total. The average Bonchev–Trinajstić information content (AvgIpc) is 2.52. The van der Waals surface area contributed by atoms with Crippen LogP contribution in [0.3, 0.4) is 0 Å². The summed E-state index contributed by atoms with van der Waals surface area (Å²) >= 11 is 5.85. The van der Waals surface area contributed by atoms with Crippen LogP contribution in [0.4, 0.5) is 0 Å². The van der Waals surface area contributed by atoms with Crippen molar-refractivity contribution in [3.05, 3.63) is 53.1 Å². The van der Waals surface area contributed by atoms with E-state index in [-0.39, 0.29) is 0 Å². The minimum Gasteiger partial charge on any atom is -0.322 e. The zero-order chi connectivity index (χ0) is 9.97. The predicted molar refractivity (Wildman–Crippen MR) is 57.5 cm³/mol. The standard InChI is InChI=1S/C11H11ClN2/c1-14-10(8-13-11(14)12)7-9-5-3-2-4-6-9/h2-6,8H,7H2,1H3. The summed E-state index contributed by atoms with van der Waals surface area (Å²) in [5.41, 5.74) is 2.40. The van der Waals surface area contributed by atoms with E-state index in [1.807, 2.05) is 36.0 Å². The summed E-state index contributed by atoms with van der Waals surface area (Å²) in [7, 11) is 1.92. The monoisotopic (exact) mass is 206 g/mol. The lowest BCUT2D eigenvalue weighted by Gasteiger charge is -2.02. The highest BCUT2D eigenvalue weighted by molar-refractivity contribution is 6.28. The van der Waals surface area contributed by atoms with Gasteiger partial charge in [-0.15, -0.1) is 0 Å². The van der Waals surface area contributed by atoms with Gasteiger partial charge >= 0.3 is 0 Å². The van der Waals surface area contributed by atoms with E-state index in [0.717, 1.165) is 12.1 Å². The number of aromatic nitrogens is 2. The van der Waals surface area contributed by atoms with E-state index in [1.54, 1.807) is 0 Å². The highest BCUT2D eigenvalue weighted by Gasteiger charge is 2.03. The predicted octanol–water partition coefficient (Wildman–Crippen LogP) is 2.66. The summed E-state index contributed by atoms with van der Waals surface area (Å²) < 4.78 is 1.90. The lowest BCUT2D eigenvalue weighted by atomic mass is 10.1. The third-order valence-corrected chi connectivity index (χ3v) is 2.61. The highest BCUT2D eigenvalue weighted by atomic mass is 35.5. The second-order valence-electron chi connectivity index (χ2n) is 3.24. The molecule has 1 aromatic heterocycles. The van der Waals surface area contributed by atoms with E-state index >= 15 is 0 Å². The van der Waals surface area contributed by atoms with Gasteiger partial charge in [0, 0.05) is 19.2 Å².